The molecule has 3 aromatic rings. The van der Waals surface area contributed by atoms with Crippen LogP contribution >= 0.6 is 35.0 Å². The van der Waals surface area contributed by atoms with Crippen LogP contribution in [0.4, 0.5) is 10.5 Å². The summed E-state index contributed by atoms with van der Waals surface area (Å²) >= 11 is 12.9. The topological polar surface area (TPSA) is 84.9 Å². The second-order valence-electron chi connectivity index (χ2n) is 8.57. The lowest BCUT2D eigenvalue weighted by Crippen LogP contribution is -2.36. The van der Waals surface area contributed by atoms with E-state index in [4.69, 9.17) is 32.7 Å². The molecule has 1 saturated heterocycles. The summed E-state index contributed by atoms with van der Waals surface area (Å²) in [4.78, 5) is 39.2. The van der Waals surface area contributed by atoms with Crippen LogP contribution in [-0.2, 0) is 16.2 Å². The third kappa shape index (κ3) is 6.51. The van der Waals surface area contributed by atoms with Gasteiger partial charge in [0.25, 0.3) is 11.1 Å². The molecule has 0 aliphatic carbocycles. The Morgan fingerprint density at radius 3 is 2.55 bits per heavy atom. The largest absolute Gasteiger partial charge is 0.493 e. The first-order valence-electron chi connectivity index (χ1n) is 11.5. The Morgan fingerprint density at radius 2 is 1.82 bits per heavy atom. The van der Waals surface area contributed by atoms with Crippen molar-refractivity contribution in [2.45, 2.75) is 20.5 Å². The van der Waals surface area contributed by atoms with Gasteiger partial charge in [0.05, 0.1) is 12.0 Å². The lowest BCUT2D eigenvalue weighted by Gasteiger charge is -2.14. The van der Waals surface area contributed by atoms with Crippen molar-refractivity contribution in [1.29, 1.82) is 0 Å². The number of nitrogens with one attached hydrogen (secondary N) is 1. The molecule has 1 fully saturated rings. The summed E-state index contributed by atoms with van der Waals surface area (Å²) < 4.78 is 11.3. The summed E-state index contributed by atoms with van der Waals surface area (Å²) in [7, 11) is 1.50. The van der Waals surface area contributed by atoms with Crippen LogP contribution in [0.15, 0.2) is 59.5 Å². The zero-order chi connectivity index (χ0) is 27.4. The van der Waals surface area contributed by atoms with Crippen LogP contribution < -0.4 is 14.8 Å². The average Bonchev–Trinajstić information content (AvgIpc) is 3.13. The first-order valence-corrected chi connectivity index (χ1v) is 13.1. The number of hydrogen-bond donors (Lipinski definition) is 1. The maximum Gasteiger partial charge on any atom is 0.294 e. The van der Waals surface area contributed by atoms with E-state index in [0.29, 0.717) is 32.8 Å². The highest BCUT2D eigenvalue weighted by atomic mass is 35.5. The Labute approximate surface area is 234 Å². The molecule has 10 heteroatoms. The van der Waals surface area contributed by atoms with E-state index in [0.717, 1.165) is 33.4 Å². The number of amides is 3. The number of aryl methyl sites for hydroxylation is 2. The summed E-state index contributed by atoms with van der Waals surface area (Å²) in [6, 6.07) is 16.0. The van der Waals surface area contributed by atoms with Gasteiger partial charge >= 0.3 is 0 Å². The number of carbonyl (C=O) groups excluding carboxylic acids is 3. The van der Waals surface area contributed by atoms with E-state index in [9.17, 15) is 14.4 Å². The minimum Gasteiger partial charge on any atom is -0.493 e. The van der Waals surface area contributed by atoms with E-state index in [1.54, 1.807) is 42.5 Å². The number of nitrogens with zero attached hydrogens (tertiary/aromatic N) is 1. The number of carbonyl (C=O) groups is 3. The smallest absolute Gasteiger partial charge is 0.294 e. The fourth-order valence-electron chi connectivity index (χ4n) is 3.68. The first kappa shape index (κ1) is 27.6. The summed E-state index contributed by atoms with van der Waals surface area (Å²) in [6.07, 6.45) is 1.58. The molecule has 0 unspecified atom stereocenters. The molecule has 0 bridgehead atoms. The van der Waals surface area contributed by atoms with E-state index in [1.165, 1.54) is 7.11 Å². The predicted octanol–water partition coefficient (Wildman–Crippen LogP) is 6.87. The van der Waals surface area contributed by atoms with Gasteiger partial charge in [-0.25, -0.2) is 0 Å². The van der Waals surface area contributed by atoms with Crippen molar-refractivity contribution < 1.29 is 23.9 Å². The molecule has 3 aromatic carbocycles. The van der Waals surface area contributed by atoms with Crippen molar-refractivity contribution in [3.05, 3.63) is 91.8 Å². The number of imide groups is 1. The van der Waals surface area contributed by atoms with E-state index >= 15 is 0 Å². The second kappa shape index (κ2) is 11.9. The number of hydrogen-bond acceptors (Lipinski definition) is 6. The monoisotopic (exact) mass is 570 g/mol. The molecule has 1 aliphatic rings. The number of methoxy groups -OCH3 is 1. The van der Waals surface area contributed by atoms with Crippen molar-refractivity contribution in [2.75, 3.05) is 19.0 Å². The maximum absolute atomic E-state index is 12.9. The Bertz CT molecular complexity index is 1460. The van der Waals surface area contributed by atoms with Crippen LogP contribution in [-0.4, -0.2) is 35.6 Å². The van der Waals surface area contributed by atoms with Crippen LogP contribution in [0.3, 0.4) is 0 Å². The molecule has 1 aliphatic heterocycles. The summed E-state index contributed by atoms with van der Waals surface area (Å²) in [5.41, 5.74) is 3.91. The number of halogens is 2. The quantitative estimate of drug-likeness (QED) is 0.297. The minimum atomic E-state index is -0.534. The lowest BCUT2D eigenvalue weighted by atomic mass is 10.1. The highest BCUT2D eigenvalue weighted by Crippen LogP contribution is 2.35. The van der Waals surface area contributed by atoms with Gasteiger partial charge in [0.2, 0.25) is 5.91 Å². The zero-order valence-electron chi connectivity index (χ0n) is 20.8. The summed E-state index contributed by atoms with van der Waals surface area (Å²) in [6.45, 7) is 3.61. The predicted molar refractivity (Wildman–Crippen MR) is 151 cm³/mol. The van der Waals surface area contributed by atoms with Gasteiger partial charge in [-0.3, -0.25) is 19.3 Å². The van der Waals surface area contributed by atoms with Crippen molar-refractivity contribution in [2.24, 2.45) is 0 Å². The zero-order valence-corrected chi connectivity index (χ0v) is 23.2. The number of anilines is 1. The molecule has 1 N–H and O–H groups in total. The van der Waals surface area contributed by atoms with Crippen molar-refractivity contribution in [3.8, 4) is 11.5 Å². The number of thioether (sulfide) groups is 1. The molecule has 4 rings (SSSR count). The van der Waals surface area contributed by atoms with Crippen molar-refractivity contribution in [1.82, 2.24) is 4.90 Å². The number of rotatable bonds is 8. The van der Waals surface area contributed by atoms with Gasteiger partial charge in [-0.05, 0) is 78.7 Å². The van der Waals surface area contributed by atoms with Gasteiger partial charge < -0.3 is 14.8 Å². The van der Waals surface area contributed by atoms with Gasteiger partial charge in [-0.1, -0.05) is 47.5 Å². The normalized spacial score (nSPS) is 14.2. The molecule has 0 saturated carbocycles. The molecule has 196 valence electrons. The van der Waals surface area contributed by atoms with Crippen LogP contribution in [0.1, 0.15) is 22.3 Å². The number of ether oxygens (including phenoxy) is 2. The fraction of sp³-hybridized carbons (Fsp3) is 0.179. The molecule has 7 nitrogen and oxygen atoms in total. The van der Waals surface area contributed by atoms with Crippen LogP contribution in [0.5, 0.6) is 11.5 Å². The standard InChI is InChI=1S/C28H24Cl2N2O5S/c1-16-4-5-17(2)22(10-16)31-26(33)14-32-27(34)25(38-28(32)35)12-18-6-9-23(24(11-18)36-3)37-15-19-7-8-20(29)13-21(19)30/h4-13H,14-15H2,1-3H3,(H,31,33)/b25-12+. The second-order valence-corrected chi connectivity index (χ2v) is 10.4. The molecule has 3 amide bonds. The Balaban J connectivity index is 1.44. The molecular formula is C28H24Cl2N2O5S. The lowest BCUT2D eigenvalue weighted by molar-refractivity contribution is -0.127. The van der Waals surface area contributed by atoms with Gasteiger partial charge in [0, 0.05) is 21.3 Å². The first-order chi connectivity index (χ1) is 18.1. The molecule has 1 heterocycles. The molecular weight excluding hydrogens is 547 g/mol. The van der Waals surface area contributed by atoms with Gasteiger partial charge in [0.15, 0.2) is 11.5 Å². The number of benzene rings is 3. The molecule has 0 spiro atoms. The highest BCUT2D eigenvalue weighted by Gasteiger charge is 2.36. The third-order valence-electron chi connectivity index (χ3n) is 5.73. The fourth-order valence-corrected chi connectivity index (χ4v) is 4.98. The van der Waals surface area contributed by atoms with E-state index < -0.39 is 17.1 Å². The highest BCUT2D eigenvalue weighted by molar-refractivity contribution is 8.18. The van der Waals surface area contributed by atoms with Gasteiger partial charge in [-0.15, -0.1) is 0 Å². The van der Waals surface area contributed by atoms with Gasteiger partial charge in [0.1, 0.15) is 13.2 Å². The summed E-state index contributed by atoms with van der Waals surface area (Å²) in [5.74, 6) is -0.0677. The van der Waals surface area contributed by atoms with Crippen LogP contribution in [0.2, 0.25) is 10.0 Å². The molecule has 0 radical (unpaired) electrons. The molecule has 38 heavy (non-hydrogen) atoms. The van der Waals surface area contributed by atoms with E-state index in [1.807, 2.05) is 32.0 Å². The Kier molecular flexibility index (Phi) is 8.66. The minimum absolute atomic E-state index is 0.203. The van der Waals surface area contributed by atoms with Crippen molar-refractivity contribution in [3.63, 3.8) is 0 Å². The van der Waals surface area contributed by atoms with E-state index in [2.05, 4.69) is 5.32 Å². The Morgan fingerprint density at radius 1 is 1.03 bits per heavy atom. The summed E-state index contributed by atoms with van der Waals surface area (Å²) in [5, 5.41) is 3.29. The van der Waals surface area contributed by atoms with Crippen molar-refractivity contribution >= 4 is 63.8 Å². The molecule has 0 aromatic heterocycles. The third-order valence-corrected chi connectivity index (χ3v) is 7.22. The van der Waals surface area contributed by atoms with E-state index in [-0.39, 0.29) is 18.1 Å². The molecule has 0 atom stereocenters. The van der Waals surface area contributed by atoms with Crippen LogP contribution in [0.25, 0.3) is 6.08 Å². The maximum atomic E-state index is 12.9. The SMILES string of the molecule is COc1cc(/C=C2/SC(=O)N(CC(=O)Nc3cc(C)ccc3C)C2=O)ccc1OCc1ccc(Cl)cc1Cl. The Hall–Kier alpha value is -3.46. The van der Waals surface area contributed by atoms with Gasteiger partial charge in [-0.2, -0.15) is 0 Å². The average molecular weight is 571 g/mol. The van der Waals surface area contributed by atoms with Crippen LogP contribution in [0, 0.1) is 13.8 Å².